The predicted molar refractivity (Wildman–Crippen MR) is 79.6 cm³/mol. The Morgan fingerprint density at radius 1 is 1.14 bits per heavy atom. The molecular formula is C14H14ClN5O. The molecule has 0 unspecified atom stereocenters. The van der Waals surface area contributed by atoms with E-state index in [4.69, 9.17) is 16.3 Å². The van der Waals surface area contributed by atoms with Crippen LogP contribution in [0.3, 0.4) is 0 Å². The molecule has 21 heavy (non-hydrogen) atoms. The lowest BCUT2D eigenvalue weighted by atomic mass is 10.3. The number of hydrogen-bond acceptors (Lipinski definition) is 5. The molecule has 3 rings (SSSR count). The molecular weight excluding hydrogens is 290 g/mol. The van der Waals surface area contributed by atoms with Gasteiger partial charge in [0.1, 0.15) is 11.6 Å². The molecule has 0 spiro atoms. The average Bonchev–Trinajstić information content (AvgIpc) is 2.83. The van der Waals surface area contributed by atoms with Crippen LogP contribution >= 0.6 is 11.6 Å². The van der Waals surface area contributed by atoms with E-state index in [-0.39, 0.29) is 11.3 Å². The highest BCUT2D eigenvalue weighted by Crippen LogP contribution is 2.18. The van der Waals surface area contributed by atoms with Gasteiger partial charge in [-0.2, -0.15) is 9.97 Å². The summed E-state index contributed by atoms with van der Waals surface area (Å²) in [5.41, 5.74) is 2.06. The fourth-order valence-electron chi connectivity index (χ4n) is 2.30. The van der Waals surface area contributed by atoms with E-state index < -0.39 is 0 Å². The standard InChI is InChI=1S/C14H14ClN5O/c1-3-20-10-7-5-4-6-9(10)16-12(20)8-11-17-13(15)19-14(18-11)21-2/h4-7H,3,8H2,1-2H3. The smallest absolute Gasteiger partial charge is 0.320 e. The van der Waals surface area contributed by atoms with Crippen LogP contribution in [0, 0.1) is 0 Å². The molecule has 6 nitrogen and oxygen atoms in total. The number of fused-ring (bicyclic) bond motifs is 1. The van der Waals surface area contributed by atoms with E-state index in [2.05, 4.69) is 37.5 Å². The third-order valence-electron chi connectivity index (χ3n) is 3.18. The van der Waals surface area contributed by atoms with Crippen LogP contribution in [0.25, 0.3) is 11.0 Å². The molecule has 0 radical (unpaired) electrons. The number of para-hydroxylation sites is 2. The predicted octanol–water partition coefficient (Wildman–Crippen LogP) is 2.49. The normalized spacial score (nSPS) is 11.0. The lowest BCUT2D eigenvalue weighted by Gasteiger charge is -2.06. The number of nitrogens with zero attached hydrogens (tertiary/aromatic N) is 5. The van der Waals surface area contributed by atoms with Crippen molar-refractivity contribution in [2.45, 2.75) is 19.9 Å². The van der Waals surface area contributed by atoms with Crippen LogP contribution in [-0.4, -0.2) is 31.6 Å². The summed E-state index contributed by atoms with van der Waals surface area (Å²) in [6.07, 6.45) is 0.473. The Morgan fingerprint density at radius 2 is 1.95 bits per heavy atom. The zero-order valence-electron chi connectivity index (χ0n) is 11.7. The van der Waals surface area contributed by atoms with Gasteiger partial charge in [-0.15, -0.1) is 0 Å². The Hall–Kier alpha value is -2.21. The Labute approximate surface area is 126 Å². The number of hydrogen-bond donors (Lipinski definition) is 0. The Kier molecular flexibility index (Phi) is 3.70. The van der Waals surface area contributed by atoms with Crippen LogP contribution in [0.5, 0.6) is 6.01 Å². The maximum Gasteiger partial charge on any atom is 0.320 e. The number of aromatic nitrogens is 5. The van der Waals surface area contributed by atoms with Crippen LogP contribution in [0.2, 0.25) is 5.28 Å². The van der Waals surface area contributed by atoms with Crippen molar-refractivity contribution in [1.29, 1.82) is 0 Å². The first kappa shape index (κ1) is 13.8. The molecule has 0 aliphatic rings. The largest absolute Gasteiger partial charge is 0.467 e. The van der Waals surface area contributed by atoms with Crippen molar-refractivity contribution in [2.75, 3.05) is 7.11 Å². The minimum absolute atomic E-state index is 0.121. The fraction of sp³-hybridized carbons (Fsp3) is 0.286. The van der Waals surface area contributed by atoms with Gasteiger partial charge in [-0.3, -0.25) is 0 Å². The lowest BCUT2D eigenvalue weighted by molar-refractivity contribution is 0.376. The molecule has 0 saturated heterocycles. The monoisotopic (exact) mass is 303 g/mol. The second-order valence-corrected chi connectivity index (χ2v) is 4.78. The van der Waals surface area contributed by atoms with E-state index >= 15 is 0 Å². The quantitative estimate of drug-likeness (QED) is 0.741. The zero-order chi connectivity index (χ0) is 14.8. The van der Waals surface area contributed by atoms with Crippen LogP contribution in [0.15, 0.2) is 24.3 Å². The van der Waals surface area contributed by atoms with E-state index in [0.29, 0.717) is 12.2 Å². The van der Waals surface area contributed by atoms with Crippen molar-refractivity contribution in [3.8, 4) is 6.01 Å². The summed E-state index contributed by atoms with van der Waals surface area (Å²) in [4.78, 5) is 16.9. The van der Waals surface area contributed by atoms with Crippen LogP contribution in [0.4, 0.5) is 0 Å². The molecule has 7 heteroatoms. The maximum atomic E-state index is 5.88. The van der Waals surface area contributed by atoms with Gasteiger partial charge in [0, 0.05) is 6.54 Å². The summed E-state index contributed by atoms with van der Waals surface area (Å²) in [6.45, 7) is 2.91. The van der Waals surface area contributed by atoms with Gasteiger partial charge in [-0.05, 0) is 30.7 Å². The first-order valence-electron chi connectivity index (χ1n) is 6.60. The summed E-state index contributed by atoms with van der Waals surface area (Å²) < 4.78 is 7.15. The van der Waals surface area contributed by atoms with Crippen LogP contribution < -0.4 is 4.74 Å². The van der Waals surface area contributed by atoms with Gasteiger partial charge in [-0.25, -0.2) is 9.97 Å². The van der Waals surface area contributed by atoms with E-state index in [1.807, 2.05) is 18.2 Å². The number of halogens is 1. The van der Waals surface area contributed by atoms with Gasteiger partial charge in [0.05, 0.1) is 24.6 Å². The van der Waals surface area contributed by atoms with Crippen molar-refractivity contribution in [1.82, 2.24) is 24.5 Å². The van der Waals surface area contributed by atoms with E-state index in [0.717, 1.165) is 23.4 Å². The molecule has 108 valence electrons. The minimum Gasteiger partial charge on any atom is -0.467 e. The molecule has 0 bridgehead atoms. The van der Waals surface area contributed by atoms with Gasteiger partial charge >= 0.3 is 6.01 Å². The van der Waals surface area contributed by atoms with Gasteiger partial charge in [-0.1, -0.05) is 12.1 Å². The fourth-order valence-corrected chi connectivity index (χ4v) is 2.47. The van der Waals surface area contributed by atoms with Gasteiger partial charge < -0.3 is 9.30 Å². The highest BCUT2D eigenvalue weighted by Gasteiger charge is 2.13. The lowest BCUT2D eigenvalue weighted by Crippen LogP contribution is -2.07. The molecule has 0 N–H and O–H groups in total. The number of benzene rings is 1. The molecule has 2 aromatic heterocycles. The molecule has 2 heterocycles. The van der Waals surface area contributed by atoms with Crippen molar-refractivity contribution in [3.05, 3.63) is 41.2 Å². The van der Waals surface area contributed by atoms with E-state index in [1.54, 1.807) is 0 Å². The summed E-state index contributed by atoms with van der Waals surface area (Å²) in [5.74, 6) is 1.43. The molecule has 0 atom stereocenters. The average molecular weight is 304 g/mol. The first-order valence-corrected chi connectivity index (χ1v) is 6.97. The molecule has 0 saturated carbocycles. The summed E-state index contributed by atoms with van der Waals surface area (Å²) >= 11 is 5.88. The van der Waals surface area contributed by atoms with Crippen molar-refractivity contribution in [2.24, 2.45) is 0 Å². The SMILES string of the molecule is CCn1c(Cc2nc(Cl)nc(OC)n2)nc2ccccc21. The van der Waals surface area contributed by atoms with Crippen LogP contribution in [0.1, 0.15) is 18.6 Å². The van der Waals surface area contributed by atoms with Crippen molar-refractivity contribution in [3.63, 3.8) is 0 Å². The highest BCUT2D eigenvalue weighted by atomic mass is 35.5. The summed E-state index contributed by atoms with van der Waals surface area (Å²) in [5, 5.41) is 0.121. The van der Waals surface area contributed by atoms with E-state index in [9.17, 15) is 0 Å². The third-order valence-corrected chi connectivity index (χ3v) is 3.35. The number of methoxy groups -OCH3 is 1. The van der Waals surface area contributed by atoms with Gasteiger partial charge in [0.15, 0.2) is 0 Å². The van der Waals surface area contributed by atoms with E-state index in [1.165, 1.54) is 7.11 Å². The number of imidazole rings is 1. The van der Waals surface area contributed by atoms with Crippen molar-refractivity contribution < 1.29 is 4.74 Å². The van der Waals surface area contributed by atoms with Crippen LogP contribution in [-0.2, 0) is 13.0 Å². The molecule has 0 aliphatic carbocycles. The Bertz CT molecular complexity index is 786. The number of rotatable bonds is 4. The molecule has 0 amide bonds. The summed E-state index contributed by atoms with van der Waals surface area (Å²) in [7, 11) is 1.50. The third kappa shape index (κ3) is 2.67. The summed E-state index contributed by atoms with van der Waals surface area (Å²) in [6, 6.07) is 8.23. The number of ether oxygens (including phenoxy) is 1. The zero-order valence-corrected chi connectivity index (χ0v) is 12.5. The molecule has 0 aliphatic heterocycles. The first-order chi connectivity index (χ1) is 10.2. The highest BCUT2D eigenvalue weighted by molar-refractivity contribution is 6.28. The second-order valence-electron chi connectivity index (χ2n) is 4.45. The molecule has 3 aromatic rings. The minimum atomic E-state index is 0.121. The Morgan fingerprint density at radius 3 is 2.71 bits per heavy atom. The molecule has 1 aromatic carbocycles. The van der Waals surface area contributed by atoms with Gasteiger partial charge in [0.25, 0.3) is 0 Å². The second kappa shape index (κ2) is 5.65. The van der Waals surface area contributed by atoms with Gasteiger partial charge in [0.2, 0.25) is 5.28 Å². The topological polar surface area (TPSA) is 65.7 Å². The molecule has 0 fully saturated rings. The number of aryl methyl sites for hydroxylation is 1. The van der Waals surface area contributed by atoms with Crippen molar-refractivity contribution >= 4 is 22.6 Å². The maximum absolute atomic E-state index is 5.88. The Balaban J connectivity index is 2.03.